The molecule has 5 N–H and O–H groups in total. The molecule has 15 heteroatoms. The molecular weight excluding hydrogens is 627 g/mol. The first kappa shape index (κ1) is 33.7. The van der Waals surface area contributed by atoms with Crippen molar-refractivity contribution in [2.24, 2.45) is 11.3 Å². The zero-order valence-corrected chi connectivity index (χ0v) is 28.5. The second-order valence-electron chi connectivity index (χ2n) is 12.6. The second-order valence-corrected chi connectivity index (χ2v) is 15.7. The van der Waals surface area contributed by atoms with Crippen LogP contribution in [0.15, 0.2) is 48.8 Å². The highest BCUT2D eigenvalue weighted by molar-refractivity contribution is 8.09. The molecule has 246 valence electrons. The van der Waals surface area contributed by atoms with Gasteiger partial charge in [0.15, 0.2) is 17.0 Å². The van der Waals surface area contributed by atoms with Crippen molar-refractivity contribution in [3.8, 4) is 5.75 Å². The maximum Gasteiger partial charge on any atom is 0.323 e. The minimum atomic E-state index is -3.37. The van der Waals surface area contributed by atoms with E-state index in [9.17, 15) is 4.79 Å². The molecule has 3 heterocycles. The molecule has 0 radical (unpaired) electrons. The standard InChI is InChI=1S/C31H41N8O5PS/c1-18(32)23-14-21(43-28(23)39-17-35-25-26(34-6)36-30(33)37-27(25)39)15-42-45(46,38-19(2)29(40)41-16-31(3,4)5)44-24-13-9-11-20-10-7-8-12-22(20)24/h7-13,17,19,21,23,28,32H,14-16H2,1-6H3,(H,38,46)(H3,33,34,36,37)/t19-,21+,23-,28-,45+/m1/s1. The van der Waals surface area contributed by atoms with Crippen molar-refractivity contribution in [2.75, 3.05) is 31.3 Å². The summed E-state index contributed by atoms with van der Waals surface area (Å²) in [5.74, 6) is 0.364. The van der Waals surface area contributed by atoms with Gasteiger partial charge < -0.3 is 35.0 Å². The van der Waals surface area contributed by atoms with Gasteiger partial charge in [0.05, 0.1) is 25.6 Å². The van der Waals surface area contributed by atoms with Gasteiger partial charge in [0.1, 0.15) is 18.0 Å². The van der Waals surface area contributed by atoms with E-state index in [4.69, 9.17) is 41.5 Å². The number of aromatic nitrogens is 4. The van der Waals surface area contributed by atoms with Crippen molar-refractivity contribution in [3.63, 3.8) is 0 Å². The topological polar surface area (TPSA) is 172 Å². The van der Waals surface area contributed by atoms with Crippen LogP contribution in [0.2, 0.25) is 0 Å². The number of carbonyl (C=O) groups is 1. The number of fused-ring (bicyclic) bond motifs is 2. The molecule has 4 aromatic rings. The summed E-state index contributed by atoms with van der Waals surface area (Å²) in [6.07, 6.45) is 1.04. The maximum atomic E-state index is 13.0. The van der Waals surface area contributed by atoms with E-state index in [-0.39, 0.29) is 30.5 Å². The van der Waals surface area contributed by atoms with E-state index in [2.05, 4.69) is 25.4 Å². The summed E-state index contributed by atoms with van der Waals surface area (Å²) >= 11 is 6.03. The van der Waals surface area contributed by atoms with Gasteiger partial charge in [-0.1, -0.05) is 57.2 Å². The number of hydrogen-bond donors (Lipinski definition) is 4. The number of imidazole rings is 1. The number of anilines is 2. The largest absolute Gasteiger partial charge is 0.464 e. The third-order valence-electron chi connectivity index (χ3n) is 7.45. The van der Waals surface area contributed by atoms with Crippen LogP contribution in [0.5, 0.6) is 5.75 Å². The van der Waals surface area contributed by atoms with Crippen LogP contribution in [0.1, 0.15) is 47.3 Å². The van der Waals surface area contributed by atoms with Gasteiger partial charge in [0.25, 0.3) is 0 Å². The Kier molecular flexibility index (Phi) is 9.95. The molecule has 13 nitrogen and oxygen atoms in total. The first-order chi connectivity index (χ1) is 21.8. The van der Waals surface area contributed by atoms with Gasteiger partial charge in [-0.2, -0.15) is 9.97 Å². The Morgan fingerprint density at radius 2 is 1.98 bits per heavy atom. The normalized spacial score (nSPS) is 20.3. The minimum Gasteiger partial charge on any atom is -0.464 e. The molecule has 5 atom stereocenters. The molecule has 0 bridgehead atoms. The fourth-order valence-corrected chi connectivity index (χ4v) is 7.62. The lowest BCUT2D eigenvalue weighted by Gasteiger charge is -2.28. The zero-order chi connectivity index (χ0) is 33.2. The van der Waals surface area contributed by atoms with Crippen molar-refractivity contribution in [1.82, 2.24) is 24.6 Å². The molecule has 2 aromatic carbocycles. The molecule has 1 fully saturated rings. The van der Waals surface area contributed by atoms with E-state index in [1.54, 1.807) is 31.8 Å². The fraction of sp³-hybridized carbons (Fsp3) is 0.452. The third-order valence-corrected chi connectivity index (χ3v) is 9.94. The minimum absolute atomic E-state index is 0.0462. The van der Waals surface area contributed by atoms with Crippen LogP contribution in [-0.2, 0) is 30.6 Å². The lowest BCUT2D eigenvalue weighted by Crippen LogP contribution is -2.36. The first-order valence-corrected chi connectivity index (χ1v) is 17.7. The molecular formula is C31H41N8O5PS. The predicted molar refractivity (Wildman–Crippen MR) is 183 cm³/mol. The Morgan fingerprint density at radius 3 is 2.70 bits per heavy atom. The summed E-state index contributed by atoms with van der Waals surface area (Å²) in [7, 11) is 1.73. The Morgan fingerprint density at radius 1 is 1.24 bits per heavy atom. The van der Waals surface area contributed by atoms with Crippen LogP contribution >= 0.6 is 6.64 Å². The van der Waals surface area contributed by atoms with E-state index in [0.29, 0.717) is 34.9 Å². The van der Waals surface area contributed by atoms with Crippen molar-refractivity contribution < 1.29 is 23.3 Å². The third kappa shape index (κ3) is 7.64. The maximum absolute atomic E-state index is 13.0. The number of nitrogens with zero attached hydrogens (tertiary/aromatic N) is 4. The van der Waals surface area contributed by atoms with E-state index in [1.807, 2.05) is 63.2 Å². The number of nitrogen functional groups attached to an aromatic ring is 1. The first-order valence-electron chi connectivity index (χ1n) is 15.0. The van der Waals surface area contributed by atoms with Crippen LogP contribution in [0, 0.1) is 16.7 Å². The highest BCUT2D eigenvalue weighted by Crippen LogP contribution is 2.48. The zero-order valence-electron chi connectivity index (χ0n) is 26.8. The summed E-state index contributed by atoms with van der Waals surface area (Å²) in [6.45, 7) is 6.31. The number of rotatable bonds is 12. The van der Waals surface area contributed by atoms with Gasteiger partial charge in [-0.25, -0.2) is 10.1 Å². The van der Waals surface area contributed by atoms with Crippen LogP contribution in [0.3, 0.4) is 0 Å². The summed E-state index contributed by atoms with van der Waals surface area (Å²) in [4.78, 5) is 26.1. The molecule has 2 aromatic heterocycles. The Balaban J connectivity index is 1.39. The Labute approximate surface area is 273 Å². The quantitative estimate of drug-likeness (QED) is 0.0858. The molecule has 0 spiro atoms. The number of hydrogen-bond acceptors (Lipinski definition) is 12. The number of nitrogens with one attached hydrogen (secondary N) is 3. The van der Waals surface area contributed by atoms with Gasteiger partial charge in [-0.05, 0) is 48.9 Å². The molecule has 1 aliphatic rings. The predicted octanol–water partition coefficient (Wildman–Crippen LogP) is 5.43. The Bertz CT molecular complexity index is 1790. The van der Waals surface area contributed by atoms with Gasteiger partial charge in [-0.3, -0.25) is 9.36 Å². The molecule has 1 saturated heterocycles. The summed E-state index contributed by atoms with van der Waals surface area (Å²) in [5, 5.41) is 16.5. The van der Waals surface area contributed by atoms with Crippen molar-refractivity contribution in [2.45, 2.75) is 59.4 Å². The van der Waals surface area contributed by atoms with E-state index < -0.39 is 31.0 Å². The van der Waals surface area contributed by atoms with Gasteiger partial charge in [0, 0.05) is 24.1 Å². The van der Waals surface area contributed by atoms with Gasteiger partial charge >= 0.3 is 12.6 Å². The van der Waals surface area contributed by atoms with Crippen molar-refractivity contribution >= 4 is 63.8 Å². The van der Waals surface area contributed by atoms with Gasteiger partial charge in [-0.15, -0.1) is 0 Å². The highest BCUT2D eigenvalue weighted by atomic mass is 32.5. The van der Waals surface area contributed by atoms with Crippen LogP contribution in [0.4, 0.5) is 11.8 Å². The van der Waals surface area contributed by atoms with Gasteiger partial charge in [0.2, 0.25) is 5.95 Å². The lowest BCUT2D eigenvalue weighted by atomic mass is 9.98. The number of benzene rings is 2. The number of carbonyl (C=O) groups excluding carboxylic acids is 1. The molecule has 5 rings (SSSR count). The molecule has 0 aliphatic carbocycles. The highest BCUT2D eigenvalue weighted by Gasteiger charge is 2.40. The molecule has 1 aliphatic heterocycles. The summed E-state index contributed by atoms with van der Waals surface area (Å²) < 4.78 is 26.6. The number of nitrogens with two attached hydrogens (primary N) is 1. The van der Waals surface area contributed by atoms with Crippen LogP contribution in [-0.4, -0.2) is 63.6 Å². The lowest BCUT2D eigenvalue weighted by molar-refractivity contribution is -0.148. The van der Waals surface area contributed by atoms with E-state index >= 15 is 0 Å². The van der Waals surface area contributed by atoms with Crippen LogP contribution < -0.4 is 20.7 Å². The smallest absolute Gasteiger partial charge is 0.323 e. The SMILES string of the molecule is CNc1nc(N)nc2c1ncn2[C@@H]1O[C@H](CO[P@@](=S)(N[C@H](C)C(=O)OCC(C)(C)C)Oc2cccc3ccccc23)C[C@@H]1C(C)=N. The van der Waals surface area contributed by atoms with E-state index in [1.165, 1.54) is 0 Å². The van der Waals surface area contributed by atoms with Crippen molar-refractivity contribution in [1.29, 1.82) is 5.41 Å². The number of ether oxygens (including phenoxy) is 2. The summed E-state index contributed by atoms with van der Waals surface area (Å²) in [6, 6.07) is 12.7. The van der Waals surface area contributed by atoms with Crippen molar-refractivity contribution in [3.05, 3.63) is 48.8 Å². The molecule has 0 amide bonds. The van der Waals surface area contributed by atoms with Crippen LogP contribution in [0.25, 0.3) is 21.9 Å². The molecule has 46 heavy (non-hydrogen) atoms. The van der Waals surface area contributed by atoms with E-state index in [0.717, 1.165) is 10.8 Å². The molecule has 0 unspecified atom stereocenters. The second kappa shape index (κ2) is 13.6. The monoisotopic (exact) mass is 668 g/mol. The average Bonchev–Trinajstić information content (AvgIpc) is 3.62. The Hall–Kier alpha value is -3.68. The molecule has 0 saturated carbocycles. The summed E-state index contributed by atoms with van der Waals surface area (Å²) in [5.41, 5.74) is 7.24. The average molecular weight is 669 g/mol. The fourth-order valence-electron chi connectivity index (χ4n) is 5.18. The number of esters is 1.